The number of likely N-dealkylation sites (N-methyl/N-ethyl adjacent to an activating group) is 2. The summed E-state index contributed by atoms with van der Waals surface area (Å²) >= 11 is 13.0. The number of ether oxygens (including phenoxy) is 2. The van der Waals surface area contributed by atoms with Crippen molar-refractivity contribution in [3.63, 3.8) is 0 Å². The lowest BCUT2D eigenvalue weighted by atomic mass is 9.99. The number of benzene rings is 5. The molecule has 15 rings (SSSR count). The number of hydrogen-bond donors (Lipinski definition) is 6. The summed E-state index contributed by atoms with van der Waals surface area (Å²) in [6, 6.07) is 35.3. The highest BCUT2D eigenvalue weighted by Crippen LogP contribution is 2.45. The number of nitrogen functional groups attached to an aromatic ring is 1. The number of rotatable bonds is 21. The van der Waals surface area contributed by atoms with E-state index in [1.807, 2.05) is 81.7 Å². The maximum absolute atomic E-state index is 13.7. The molecule has 4 aliphatic rings. The van der Waals surface area contributed by atoms with E-state index in [-0.39, 0.29) is 10.2 Å². The second-order valence-corrected chi connectivity index (χ2v) is 41.4. The van der Waals surface area contributed by atoms with Crippen LogP contribution in [0.25, 0.3) is 44.6 Å². The molecule has 10 heterocycles. The quantitative estimate of drug-likeness (QED) is 0.0168. The number of aromatic nitrogens is 10. The molecule has 7 N–H and O–H groups in total. The Morgan fingerprint density at radius 3 is 1.43 bits per heavy atom. The van der Waals surface area contributed by atoms with Gasteiger partial charge in [-0.15, -0.1) is 0 Å². The third kappa shape index (κ3) is 24.0. The number of aryl methyl sites for hydroxylation is 5. The van der Waals surface area contributed by atoms with Gasteiger partial charge in [0.15, 0.2) is 11.3 Å². The lowest BCUT2D eigenvalue weighted by Gasteiger charge is -2.43. The number of aliphatic hydroxyl groups is 1. The van der Waals surface area contributed by atoms with Gasteiger partial charge >= 0.3 is 0 Å². The maximum Gasteiger partial charge on any atom is 0.294 e. The van der Waals surface area contributed by atoms with Crippen molar-refractivity contribution in [2.45, 2.75) is 96.0 Å². The van der Waals surface area contributed by atoms with Crippen LogP contribution in [-0.2, 0) is 46.2 Å². The molecule has 0 radical (unpaired) electrons. The number of fused-ring (bicyclic) bond motifs is 2. The molecular weight excluding hydrogens is 1740 g/mol. The van der Waals surface area contributed by atoms with E-state index in [1.54, 1.807) is 87.2 Å². The summed E-state index contributed by atoms with van der Waals surface area (Å²) in [5.74, 6) is 2.99. The molecule has 4 saturated heterocycles. The first kappa shape index (κ1) is 93.0. The van der Waals surface area contributed by atoms with Crippen LogP contribution in [0.2, 0.25) is 5.28 Å². The van der Waals surface area contributed by atoms with E-state index in [1.165, 1.54) is 86.5 Å². The fraction of sp³-hybridized carbons (Fsp3) is 0.425. The van der Waals surface area contributed by atoms with Gasteiger partial charge in [0.2, 0.25) is 11.2 Å². The normalized spacial score (nSPS) is 15.5. The van der Waals surface area contributed by atoms with E-state index in [4.69, 9.17) is 46.6 Å². The van der Waals surface area contributed by atoms with Crippen LogP contribution < -0.4 is 51.6 Å². The Hall–Kier alpha value is -8.68. The molecular formula is C87H115Br2ClN20O8P2S. The van der Waals surface area contributed by atoms with Crippen LogP contribution in [0.4, 0.5) is 51.7 Å². The van der Waals surface area contributed by atoms with E-state index in [0.29, 0.717) is 61.2 Å². The molecule has 28 nitrogen and oxygen atoms in total. The molecule has 11 aromatic rings. The van der Waals surface area contributed by atoms with Crippen molar-refractivity contribution in [2.24, 2.45) is 14.1 Å². The molecule has 6 aromatic heterocycles. The molecule has 0 spiro atoms. The van der Waals surface area contributed by atoms with Crippen LogP contribution in [0.3, 0.4) is 0 Å². The Morgan fingerprint density at radius 1 is 0.562 bits per heavy atom. The van der Waals surface area contributed by atoms with Crippen molar-refractivity contribution in [3.05, 3.63) is 165 Å². The van der Waals surface area contributed by atoms with Crippen LogP contribution in [0.15, 0.2) is 148 Å². The van der Waals surface area contributed by atoms with Crippen LogP contribution in [0.5, 0.6) is 11.5 Å². The van der Waals surface area contributed by atoms with E-state index in [0.717, 1.165) is 157 Å². The smallest absolute Gasteiger partial charge is 0.294 e. The lowest BCUT2D eigenvalue weighted by molar-refractivity contribution is 0.0982. The number of piperidine rings is 2. The molecule has 0 unspecified atom stereocenters. The first-order valence-corrected chi connectivity index (χ1v) is 49.5. The highest BCUT2D eigenvalue weighted by molar-refractivity contribution is 9.11. The zero-order valence-electron chi connectivity index (χ0n) is 71.7. The zero-order chi connectivity index (χ0) is 87.0. The highest BCUT2D eigenvalue weighted by atomic mass is 79.9. The number of methoxy groups -OCH3 is 2. The molecule has 121 heavy (non-hydrogen) atoms. The topological polar surface area (TPSA) is 322 Å². The second-order valence-electron chi connectivity index (χ2n) is 31.6. The summed E-state index contributed by atoms with van der Waals surface area (Å²) in [6.07, 6.45) is 15.5. The van der Waals surface area contributed by atoms with Gasteiger partial charge in [-0.2, -0.15) is 28.6 Å². The Bertz CT molecular complexity index is 5570. The Morgan fingerprint density at radius 2 is 1.01 bits per heavy atom. The molecule has 0 bridgehead atoms. The number of hydrogen-bond acceptors (Lipinski definition) is 25. The average molecular weight is 1860 g/mol. The van der Waals surface area contributed by atoms with Crippen molar-refractivity contribution in [3.8, 4) is 34.0 Å². The molecule has 0 saturated carbocycles. The molecule has 34 heteroatoms. The number of unbranched alkanes of at least 4 members (excludes halogenated alkanes) is 1. The van der Waals surface area contributed by atoms with Gasteiger partial charge < -0.3 is 65.0 Å². The molecule has 0 atom stereocenters. The fourth-order valence-corrected chi connectivity index (χ4v) is 18.9. The molecule has 0 aliphatic carbocycles. The number of piperazine rings is 2. The van der Waals surface area contributed by atoms with Gasteiger partial charge in [-0.3, -0.25) is 14.4 Å². The molecule has 0 amide bonds. The molecule has 5 aromatic carbocycles. The number of nitrogens with two attached hydrogens (primary N) is 1. The molecule has 4 aliphatic heterocycles. The second kappa shape index (κ2) is 42.1. The predicted octanol–water partition coefficient (Wildman–Crippen LogP) is 15.6. The summed E-state index contributed by atoms with van der Waals surface area (Å²) in [5, 5.41) is 30.9. The number of pyridine rings is 2. The average Bonchev–Trinajstić information content (AvgIpc) is 1.65. The number of anilines is 9. The van der Waals surface area contributed by atoms with Gasteiger partial charge in [0.25, 0.3) is 10.1 Å². The van der Waals surface area contributed by atoms with Crippen molar-refractivity contribution in [1.82, 2.24) is 69.1 Å². The maximum atomic E-state index is 13.7. The van der Waals surface area contributed by atoms with Crippen LogP contribution in [0.1, 0.15) is 76.0 Å². The van der Waals surface area contributed by atoms with Gasteiger partial charge in [0.05, 0.1) is 50.8 Å². The summed E-state index contributed by atoms with van der Waals surface area (Å²) in [5.41, 5.74) is 20.0. The van der Waals surface area contributed by atoms with E-state index < -0.39 is 24.4 Å². The Labute approximate surface area is 733 Å². The fourth-order valence-electron chi connectivity index (χ4n) is 15.4. The van der Waals surface area contributed by atoms with Crippen molar-refractivity contribution >= 4 is 152 Å². The number of nitrogens with zero attached hydrogens (tertiary/aromatic N) is 16. The minimum Gasteiger partial charge on any atom is -0.495 e. The minimum atomic E-state index is -4.02. The first-order chi connectivity index (χ1) is 57.8. The van der Waals surface area contributed by atoms with Gasteiger partial charge in [-0.25, -0.2) is 29.3 Å². The van der Waals surface area contributed by atoms with Gasteiger partial charge in [0.1, 0.15) is 48.8 Å². The van der Waals surface area contributed by atoms with Crippen LogP contribution in [-0.4, -0.2) is 239 Å². The third-order valence-electron chi connectivity index (χ3n) is 22.3. The number of aliphatic hydroxyl groups excluding tert-OH is 1. The monoisotopic (exact) mass is 1850 g/mol. The molecule has 648 valence electrons. The number of halogens is 3. The van der Waals surface area contributed by atoms with Gasteiger partial charge in [-0.05, 0) is 220 Å². The van der Waals surface area contributed by atoms with E-state index >= 15 is 0 Å². The third-order valence-corrected chi connectivity index (χ3v) is 27.5. The van der Waals surface area contributed by atoms with Crippen molar-refractivity contribution < 1.29 is 36.7 Å². The van der Waals surface area contributed by atoms with Crippen LogP contribution in [0, 0.1) is 6.92 Å². The number of nitrogens with one attached hydrogen (secondary N) is 3. The Kier molecular flexibility index (Phi) is 32.4. The standard InChI is InChI=1S/C38H48BrN10O2P.C19H17BrClN6OP.C19H32N4O.C7H8O3S.C4H10O/c1-7-25-21-31(33(51-4)23-32(25)49-15-12-27(13-16-49)48-19-17-46(2)18-20-48)43-38-41-24-29(39)36(44-38)42-30-11-10-26(22-34(30)52(5,6)50)35-28-9-8-14-40-37(28)47(3)45-35;1-27-18-12(5-4-8-22-18)16(26-27)11-6-7-14(15(9-11)29(2,3)28)24-17-13(20)10-23-19(21)25-17;1-4-15-13-17(20)19(24-3)14-18(15)23-7-5-16(6-8-23)22-11-9-21(2)10-12-22;1-6-2-4-7(5-3-6)11(8,9)10;1-2-3-4-5/h8-11,14,21-24,27H,7,12-13,15-20H2,1-6H3,(H2,41,42,43,44);4-10H,1-3H3,(H,23,24,25);13-14,16H,4-12,20H2,1-3H3;2-5H,1H3,(H,8,9,10);5H,2-4H2,1H3. The minimum absolute atomic E-state index is 0.0666. The van der Waals surface area contributed by atoms with E-state index in [9.17, 15) is 17.5 Å². The van der Waals surface area contributed by atoms with Crippen molar-refractivity contribution in [1.29, 1.82) is 0 Å². The van der Waals surface area contributed by atoms with Crippen molar-refractivity contribution in [2.75, 3.05) is 172 Å². The van der Waals surface area contributed by atoms with E-state index in [2.05, 4.69) is 166 Å². The summed E-state index contributed by atoms with van der Waals surface area (Å²) in [7, 11) is 2.19. The van der Waals surface area contributed by atoms with Crippen LogP contribution >= 0.6 is 57.7 Å². The van der Waals surface area contributed by atoms with Gasteiger partial charge in [0, 0.05) is 192 Å². The summed E-state index contributed by atoms with van der Waals surface area (Å²) < 4.78 is 72.5. The predicted molar refractivity (Wildman–Crippen MR) is 501 cm³/mol. The summed E-state index contributed by atoms with van der Waals surface area (Å²) in [6.45, 7) is 29.4. The Balaban J connectivity index is 0.000000174. The lowest BCUT2D eigenvalue weighted by Crippen LogP contribution is -2.52. The molecule has 4 fully saturated rings. The zero-order valence-corrected chi connectivity index (χ0v) is 78.3. The van der Waals surface area contributed by atoms with Gasteiger partial charge in [-0.1, -0.05) is 57.0 Å². The SMILES string of the molecule is CCCCO.CCc1cc(N)c(OC)cc1N1CCC(N2CCN(C)CC2)CC1.CCc1cc(Nc2ncc(Br)c(Nc3ccc(-c4nn(C)c5ncccc45)cc3P(C)(C)=O)n2)c(OC)cc1N1CCC(N2CCN(C)CC2)CC1.Cc1ccc(S(=O)(=O)O)cc1.Cn1nc(-c2ccc(Nc3nc(Cl)ncc3Br)c(P(C)(C)=O)c2)c2cccnc21. The highest BCUT2D eigenvalue weighted by Gasteiger charge is 2.32. The summed E-state index contributed by atoms with van der Waals surface area (Å²) in [4.78, 5) is 41.6. The first-order valence-electron chi connectivity index (χ1n) is 40.9. The largest absolute Gasteiger partial charge is 0.495 e.